The molecule has 29 heavy (non-hydrogen) atoms. The Bertz CT molecular complexity index is 980. The lowest BCUT2D eigenvalue weighted by Crippen LogP contribution is -1.98. The van der Waals surface area contributed by atoms with Crippen molar-refractivity contribution >= 4 is 23.9 Å². The van der Waals surface area contributed by atoms with E-state index in [1.807, 2.05) is 0 Å². The van der Waals surface area contributed by atoms with Crippen LogP contribution in [-0.2, 0) is 0 Å². The van der Waals surface area contributed by atoms with Gasteiger partial charge >= 0.3 is 0 Å². The Labute approximate surface area is 161 Å². The van der Waals surface area contributed by atoms with Crippen LogP contribution in [-0.4, -0.2) is 53.7 Å². The molecular weight excluding hydrogens is 389 g/mol. The smallest absolute Gasteiger partial charge is 0.268 e. The maximum absolute atomic E-state index is 12.0. The van der Waals surface area contributed by atoms with E-state index in [0.29, 0.717) is 5.82 Å². The summed E-state index contributed by atoms with van der Waals surface area (Å²) in [6.45, 7) is 0.778. The molecule has 1 aliphatic heterocycles. The minimum atomic E-state index is -0.717. The summed E-state index contributed by atoms with van der Waals surface area (Å²) < 4.78 is 13.4. The van der Waals surface area contributed by atoms with Crippen LogP contribution in [0, 0.1) is 26.2 Å². The van der Waals surface area contributed by atoms with Gasteiger partial charge in [0.25, 0.3) is 11.4 Å². The van der Waals surface area contributed by atoms with Gasteiger partial charge in [0.15, 0.2) is 5.82 Å². The van der Waals surface area contributed by atoms with Crippen molar-refractivity contribution in [2.45, 2.75) is 0 Å². The molecule has 148 valence electrons. The molecule has 1 aliphatic rings. The molecule has 0 unspecified atom stereocenters. The van der Waals surface area contributed by atoms with E-state index in [2.05, 4.69) is 30.0 Å². The summed E-state index contributed by atoms with van der Waals surface area (Å²) in [7, 11) is 0. The van der Waals surface area contributed by atoms with Crippen LogP contribution in [0.3, 0.4) is 0 Å². The predicted molar refractivity (Wildman–Crippen MR) is 98.5 cm³/mol. The van der Waals surface area contributed by atoms with Crippen LogP contribution in [0.4, 0.5) is 15.8 Å². The Morgan fingerprint density at radius 2 is 1.69 bits per heavy atom. The summed E-state index contributed by atoms with van der Waals surface area (Å²) >= 11 is 0. The number of nitrogens with zero attached hydrogens (tertiary/aromatic N) is 9. The van der Waals surface area contributed by atoms with Gasteiger partial charge in [-0.2, -0.15) is 9.49 Å². The highest BCUT2D eigenvalue weighted by molar-refractivity contribution is 5.79. The van der Waals surface area contributed by atoms with Crippen molar-refractivity contribution in [1.29, 1.82) is 0 Å². The molecule has 0 spiro atoms. The van der Waals surface area contributed by atoms with Crippen LogP contribution >= 0.6 is 0 Å². The molecule has 0 N–H and O–H groups in total. The first-order valence-corrected chi connectivity index (χ1v) is 7.68. The largest absolute Gasteiger partial charge is 0.287 e. The fourth-order valence-corrected chi connectivity index (χ4v) is 1.66. The molecule has 0 atom stereocenters. The molecule has 13 nitrogen and oxygen atoms in total. The number of pyridine rings is 2. The van der Waals surface area contributed by atoms with Gasteiger partial charge in [0.05, 0.1) is 16.4 Å². The fraction of sp³-hybridized carbons (Fsp3) is 0.0667. The van der Waals surface area contributed by atoms with Gasteiger partial charge in [-0.15, -0.1) is 0 Å². The highest BCUT2D eigenvalue weighted by atomic mass is 19.1. The van der Waals surface area contributed by atoms with Gasteiger partial charge in [-0.1, -0.05) is 0 Å². The molecule has 0 radical (unpaired) electrons. The first kappa shape index (κ1) is 20.8. The average molecular weight is 401 g/mol. The third-order valence-corrected chi connectivity index (χ3v) is 2.96. The molecule has 0 aromatic carbocycles. The maximum Gasteiger partial charge on any atom is 0.287 e. The lowest BCUT2D eigenvalue weighted by molar-refractivity contribution is -0.385. The number of nitro groups is 2. The summed E-state index contributed by atoms with van der Waals surface area (Å²) in [5.41, 5.74) is -0.254. The molecule has 4 rings (SSSR count). The topological polar surface area (TPSA) is 167 Å². The maximum atomic E-state index is 12.0. The summed E-state index contributed by atoms with van der Waals surface area (Å²) in [4.78, 5) is 37.2. The van der Waals surface area contributed by atoms with Crippen molar-refractivity contribution in [2.24, 2.45) is 9.98 Å². The van der Waals surface area contributed by atoms with Crippen molar-refractivity contribution < 1.29 is 14.2 Å². The quantitative estimate of drug-likeness (QED) is 0.363. The normalized spacial score (nSPS) is 11.1. The second-order valence-electron chi connectivity index (χ2n) is 4.88. The minimum absolute atomic E-state index is 0.0473. The standard InChI is InChI=1S/C7H5N5O2.C5H3FN2O2.C3H4N2/c13-12(14)6-1-2-7(9-3-6)11-5-8-4-10-11;6-5-2-1-4(3-7-5)8(9)10;1-2-5-3-4-1/h1-5H;1-3H;1,3H,2H2. The number of aliphatic imine (C=N–C) groups is 2. The van der Waals surface area contributed by atoms with Crippen LogP contribution < -0.4 is 0 Å². The second kappa shape index (κ2) is 10.6. The fourth-order valence-electron chi connectivity index (χ4n) is 1.66. The van der Waals surface area contributed by atoms with Crippen molar-refractivity contribution in [3.8, 4) is 5.82 Å². The Hall–Kier alpha value is -4.49. The van der Waals surface area contributed by atoms with E-state index in [4.69, 9.17) is 0 Å². The Morgan fingerprint density at radius 3 is 2.07 bits per heavy atom. The second-order valence-corrected chi connectivity index (χ2v) is 4.88. The summed E-state index contributed by atoms with van der Waals surface area (Å²) in [5, 5.41) is 24.1. The molecule has 0 fully saturated rings. The van der Waals surface area contributed by atoms with Crippen molar-refractivity contribution in [2.75, 3.05) is 6.54 Å². The van der Waals surface area contributed by atoms with Crippen molar-refractivity contribution in [3.63, 3.8) is 0 Å². The number of halogens is 1. The molecule has 0 bridgehead atoms. The van der Waals surface area contributed by atoms with E-state index >= 15 is 0 Å². The van der Waals surface area contributed by atoms with Crippen LogP contribution in [0.25, 0.3) is 5.82 Å². The van der Waals surface area contributed by atoms with Gasteiger partial charge in [-0.05, 0) is 12.1 Å². The molecule has 0 amide bonds. The van der Waals surface area contributed by atoms with E-state index < -0.39 is 15.8 Å². The Balaban J connectivity index is 0.000000173. The molecular formula is C15H12FN9O4. The first-order chi connectivity index (χ1) is 14.0. The Morgan fingerprint density at radius 1 is 1.00 bits per heavy atom. The van der Waals surface area contributed by atoms with E-state index in [1.54, 1.807) is 12.6 Å². The van der Waals surface area contributed by atoms with E-state index in [9.17, 15) is 24.6 Å². The highest BCUT2D eigenvalue weighted by Crippen LogP contribution is 2.10. The number of hydrogen-bond acceptors (Lipinski definition) is 10. The Kier molecular flexibility index (Phi) is 7.62. The zero-order valence-electron chi connectivity index (χ0n) is 14.5. The van der Waals surface area contributed by atoms with Gasteiger partial charge in [-0.25, -0.2) is 24.6 Å². The number of aromatic nitrogens is 5. The number of rotatable bonds is 3. The molecule has 0 saturated heterocycles. The highest BCUT2D eigenvalue weighted by Gasteiger charge is 2.06. The third-order valence-electron chi connectivity index (χ3n) is 2.96. The SMILES string of the molecule is C1=NC=NC1.O=[N+]([O-])c1ccc(-n2cncn2)nc1.O=[N+]([O-])c1ccc(F)nc1. The van der Waals surface area contributed by atoms with Crippen LogP contribution in [0.1, 0.15) is 0 Å². The first-order valence-electron chi connectivity index (χ1n) is 7.68. The molecule has 0 aliphatic carbocycles. The van der Waals surface area contributed by atoms with E-state index in [0.717, 1.165) is 24.9 Å². The van der Waals surface area contributed by atoms with Crippen LogP contribution in [0.2, 0.25) is 0 Å². The van der Waals surface area contributed by atoms with Crippen LogP contribution in [0.15, 0.2) is 59.3 Å². The molecule has 0 saturated carbocycles. The summed E-state index contributed by atoms with van der Waals surface area (Å²) in [5.74, 6) is -0.223. The monoisotopic (exact) mass is 401 g/mol. The van der Waals surface area contributed by atoms with Gasteiger partial charge in [-0.3, -0.25) is 25.2 Å². The zero-order chi connectivity index (χ0) is 21.1. The van der Waals surface area contributed by atoms with Crippen molar-refractivity contribution in [3.05, 3.63) is 75.5 Å². The van der Waals surface area contributed by atoms with E-state index in [-0.39, 0.29) is 11.4 Å². The number of hydrogen-bond donors (Lipinski definition) is 0. The zero-order valence-corrected chi connectivity index (χ0v) is 14.5. The summed E-state index contributed by atoms with van der Waals surface area (Å²) in [6.07, 6.45) is 8.20. The molecule has 14 heteroatoms. The lowest BCUT2D eigenvalue weighted by atomic mass is 10.4. The van der Waals surface area contributed by atoms with Gasteiger partial charge in [0.1, 0.15) is 31.4 Å². The van der Waals surface area contributed by atoms with Gasteiger partial charge in [0, 0.05) is 18.3 Å². The summed E-state index contributed by atoms with van der Waals surface area (Å²) in [6, 6.07) is 4.87. The lowest BCUT2D eigenvalue weighted by Gasteiger charge is -1.96. The minimum Gasteiger partial charge on any atom is -0.268 e. The average Bonchev–Trinajstić information content (AvgIpc) is 3.45. The molecule has 3 aromatic rings. The van der Waals surface area contributed by atoms with Gasteiger partial charge in [0.2, 0.25) is 5.95 Å². The molecule has 4 heterocycles. The third kappa shape index (κ3) is 6.97. The van der Waals surface area contributed by atoms with Crippen molar-refractivity contribution in [1.82, 2.24) is 24.7 Å². The van der Waals surface area contributed by atoms with E-state index in [1.165, 1.54) is 35.7 Å². The molecule has 3 aromatic heterocycles. The van der Waals surface area contributed by atoms with Crippen LogP contribution in [0.5, 0.6) is 0 Å². The predicted octanol–water partition coefficient (Wildman–Crippen LogP) is 1.80. The van der Waals surface area contributed by atoms with Gasteiger partial charge < -0.3 is 0 Å².